The van der Waals surface area contributed by atoms with Gasteiger partial charge in [0.15, 0.2) is 6.10 Å². The van der Waals surface area contributed by atoms with Gasteiger partial charge in [-0.25, -0.2) is 0 Å². The summed E-state index contributed by atoms with van der Waals surface area (Å²) in [6.07, 6.45) is -0.808. The Bertz CT molecular complexity index is 992. The predicted molar refractivity (Wildman–Crippen MR) is 114 cm³/mol. The third-order valence-corrected chi connectivity index (χ3v) is 4.43. The van der Waals surface area contributed by atoms with Crippen LogP contribution >= 0.6 is 11.6 Å². The molecule has 3 aromatic carbocycles. The second-order valence-electron chi connectivity index (χ2n) is 6.42. The molecule has 148 valence electrons. The Balaban J connectivity index is 1.64. The number of anilines is 1. The van der Waals surface area contributed by atoms with Gasteiger partial charge in [-0.15, -0.1) is 0 Å². The van der Waals surface area contributed by atoms with E-state index in [0.717, 1.165) is 5.56 Å². The van der Waals surface area contributed by atoms with Crippen molar-refractivity contribution in [1.29, 1.82) is 0 Å². The van der Waals surface area contributed by atoms with Crippen molar-refractivity contribution in [3.63, 3.8) is 0 Å². The molecule has 0 bridgehead atoms. The Labute approximate surface area is 174 Å². The largest absolute Gasteiger partial charge is 0.480 e. The first-order chi connectivity index (χ1) is 14.0. The van der Waals surface area contributed by atoms with Gasteiger partial charge in [-0.05, 0) is 42.8 Å². The molecule has 0 unspecified atom stereocenters. The molecule has 3 rings (SSSR count). The van der Waals surface area contributed by atoms with Gasteiger partial charge >= 0.3 is 0 Å². The van der Waals surface area contributed by atoms with Crippen LogP contribution in [-0.4, -0.2) is 17.9 Å². The molecule has 2 amide bonds. The van der Waals surface area contributed by atoms with Crippen LogP contribution in [0.1, 0.15) is 22.8 Å². The molecule has 3 aromatic rings. The van der Waals surface area contributed by atoms with Gasteiger partial charge in [-0.1, -0.05) is 60.1 Å². The fourth-order valence-corrected chi connectivity index (χ4v) is 2.87. The summed E-state index contributed by atoms with van der Waals surface area (Å²) in [5.74, 6) is -0.273. The van der Waals surface area contributed by atoms with Crippen LogP contribution in [0.25, 0.3) is 0 Å². The second-order valence-corrected chi connectivity index (χ2v) is 6.86. The van der Waals surface area contributed by atoms with Gasteiger partial charge in [0, 0.05) is 17.3 Å². The standard InChI is InChI=1S/C23H21ClN2O3/c1-16(22(27)26-19-11-7-10-18(24)14-19)29-21-13-6-5-12-20(21)23(28)25-15-17-8-3-2-4-9-17/h2-14,16H,15H2,1H3,(H,25,28)(H,26,27)/t16-/m1/s1. The normalized spacial score (nSPS) is 11.4. The zero-order chi connectivity index (χ0) is 20.6. The van der Waals surface area contributed by atoms with Crippen molar-refractivity contribution < 1.29 is 14.3 Å². The molecule has 0 saturated heterocycles. The summed E-state index contributed by atoms with van der Waals surface area (Å²) in [5.41, 5.74) is 1.94. The molecule has 0 aliphatic carbocycles. The first-order valence-electron chi connectivity index (χ1n) is 9.17. The zero-order valence-corrected chi connectivity index (χ0v) is 16.6. The third-order valence-electron chi connectivity index (χ3n) is 4.19. The number of halogens is 1. The quantitative estimate of drug-likeness (QED) is 0.596. The summed E-state index contributed by atoms with van der Waals surface area (Å²) in [6, 6.07) is 23.3. The lowest BCUT2D eigenvalue weighted by Crippen LogP contribution is -2.31. The Hall–Kier alpha value is -3.31. The van der Waals surface area contributed by atoms with Gasteiger partial charge in [0.2, 0.25) is 0 Å². The highest BCUT2D eigenvalue weighted by Crippen LogP contribution is 2.21. The third kappa shape index (κ3) is 5.83. The van der Waals surface area contributed by atoms with E-state index in [0.29, 0.717) is 28.6 Å². The summed E-state index contributed by atoms with van der Waals surface area (Å²) < 4.78 is 5.78. The number of amides is 2. The van der Waals surface area contributed by atoms with Crippen LogP contribution in [-0.2, 0) is 11.3 Å². The summed E-state index contributed by atoms with van der Waals surface area (Å²) in [7, 11) is 0. The number of hydrogen-bond donors (Lipinski definition) is 2. The lowest BCUT2D eigenvalue weighted by molar-refractivity contribution is -0.122. The highest BCUT2D eigenvalue weighted by Gasteiger charge is 2.19. The summed E-state index contributed by atoms with van der Waals surface area (Å²) in [6.45, 7) is 2.03. The number of nitrogens with one attached hydrogen (secondary N) is 2. The minimum atomic E-state index is -0.808. The second kappa shape index (κ2) is 9.75. The Morgan fingerprint density at radius 2 is 1.69 bits per heavy atom. The SMILES string of the molecule is C[C@@H](Oc1ccccc1C(=O)NCc1ccccc1)C(=O)Nc1cccc(Cl)c1. The fourth-order valence-electron chi connectivity index (χ4n) is 2.68. The number of carbonyl (C=O) groups excluding carboxylic acids is 2. The molecule has 6 heteroatoms. The molecule has 0 radical (unpaired) electrons. The van der Waals surface area contributed by atoms with E-state index in [1.54, 1.807) is 55.5 Å². The molecule has 0 aromatic heterocycles. The molecule has 0 heterocycles. The smallest absolute Gasteiger partial charge is 0.265 e. The first-order valence-corrected chi connectivity index (χ1v) is 9.55. The molecule has 5 nitrogen and oxygen atoms in total. The van der Waals surface area contributed by atoms with Crippen molar-refractivity contribution in [2.75, 3.05) is 5.32 Å². The number of ether oxygens (including phenoxy) is 1. The van der Waals surface area contributed by atoms with Crippen LogP contribution in [0.5, 0.6) is 5.75 Å². The van der Waals surface area contributed by atoms with Crippen molar-refractivity contribution in [3.05, 3.63) is 95.0 Å². The molecular formula is C23H21ClN2O3. The minimum Gasteiger partial charge on any atom is -0.480 e. The Kier molecular flexibility index (Phi) is 6.87. The molecule has 0 saturated carbocycles. The maximum absolute atomic E-state index is 12.6. The maximum Gasteiger partial charge on any atom is 0.265 e. The van der Waals surface area contributed by atoms with Crippen molar-refractivity contribution >= 4 is 29.1 Å². The lowest BCUT2D eigenvalue weighted by atomic mass is 10.1. The number of rotatable bonds is 7. The monoisotopic (exact) mass is 408 g/mol. The van der Waals surface area contributed by atoms with E-state index in [1.807, 2.05) is 30.3 Å². The van der Waals surface area contributed by atoms with Crippen molar-refractivity contribution in [1.82, 2.24) is 5.32 Å². The van der Waals surface area contributed by atoms with E-state index in [-0.39, 0.29) is 11.8 Å². The molecular weight excluding hydrogens is 388 g/mol. The molecule has 0 aliphatic heterocycles. The van der Waals surface area contributed by atoms with Gasteiger partial charge in [0.1, 0.15) is 5.75 Å². The molecule has 1 atom stereocenters. The van der Waals surface area contributed by atoms with E-state index in [2.05, 4.69) is 10.6 Å². The highest BCUT2D eigenvalue weighted by atomic mass is 35.5. The Morgan fingerprint density at radius 1 is 0.966 bits per heavy atom. The number of para-hydroxylation sites is 1. The topological polar surface area (TPSA) is 67.4 Å². The van der Waals surface area contributed by atoms with Gasteiger partial charge < -0.3 is 15.4 Å². The van der Waals surface area contributed by atoms with E-state index < -0.39 is 6.10 Å². The fraction of sp³-hybridized carbons (Fsp3) is 0.130. The summed E-state index contributed by atoms with van der Waals surface area (Å²) in [4.78, 5) is 25.1. The maximum atomic E-state index is 12.6. The van der Waals surface area contributed by atoms with Crippen LogP contribution in [0.3, 0.4) is 0 Å². The van der Waals surface area contributed by atoms with Crippen molar-refractivity contribution in [2.45, 2.75) is 19.6 Å². The van der Waals surface area contributed by atoms with Crippen molar-refractivity contribution in [3.8, 4) is 5.75 Å². The average Bonchev–Trinajstić information content (AvgIpc) is 2.73. The summed E-state index contributed by atoms with van der Waals surface area (Å²) >= 11 is 5.94. The van der Waals surface area contributed by atoms with Crippen LogP contribution in [0.4, 0.5) is 5.69 Å². The number of hydrogen-bond acceptors (Lipinski definition) is 3. The highest BCUT2D eigenvalue weighted by molar-refractivity contribution is 6.30. The number of benzene rings is 3. The summed E-state index contributed by atoms with van der Waals surface area (Å²) in [5, 5.41) is 6.14. The van der Waals surface area contributed by atoms with Gasteiger partial charge in [0.05, 0.1) is 5.56 Å². The minimum absolute atomic E-state index is 0.271. The zero-order valence-electron chi connectivity index (χ0n) is 15.9. The molecule has 0 fully saturated rings. The van der Waals surface area contributed by atoms with Crippen LogP contribution in [0, 0.1) is 0 Å². The van der Waals surface area contributed by atoms with Crippen LogP contribution in [0.15, 0.2) is 78.9 Å². The molecule has 29 heavy (non-hydrogen) atoms. The van der Waals surface area contributed by atoms with E-state index in [9.17, 15) is 9.59 Å². The average molecular weight is 409 g/mol. The van der Waals surface area contributed by atoms with Gasteiger partial charge in [-0.2, -0.15) is 0 Å². The van der Waals surface area contributed by atoms with Crippen LogP contribution in [0.2, 0.25) is 5.02 Å². The lowest BCUT2D eigenvalue weighted by Gasteiger charge is -2.17. The van der Waals surface area contributed by atoms with Crippen LogP contribution < -0.4 is 15.4 Å². The van der Waals surface area contributed by atoms with E-state index in [1.165, 1.54) is 0 Å². The van der Waals surface area contributed by atoms with Gasteiger partial charge in [0.25, 0.3) is 11.8 Å². The molecule has 2 N–H and O–H groups in total. The molecule has 0 aliphatic rings. The van der Waals surface area contributed by atoms with E-state index >= 15 is 0 Å². The molecule has 0 spiro atoms. The van der Waals surface area contributed by atoms with E-state index in [4.69, 9.17) is 16.3 Å². The van der Waals surface area contributed by atoms with Gasteiger partial charge in [-0.3, -0.25) is 9.59 Å². The van der Waals surface area contributed by atoms with Crippen molar-refractivity contribution in [2.24, 2.45) is 0 Å². The first kappa shape index (κ1) is 20.4. The Morgan fingerprint density at radius 3 is 2.45 bits per heavy atom. The number of carbonyl (C=O) groups is 2. The predicted octanol–water partition coefficient (Wildman–Crippen LogP) is 4.68.